The lowest BCUT2D eigenvalue weighted by atomic mass is 9.96. The molecule has 1 aliphatic rings. The predicted octanol–water partition coefficient (Wildman–Crippen LogP) is 2.03. The van der Waals surface area contributed by atoms with Crippen LogP contribution in [-0.2, 0) is 11.3 Å². The first-order valence-electron chi connectivity index (χ1n) is 6.84. The minimum atomic E-state index is 0.218. The fourth-order valence-electron chi connectivity index (χ4n) is 2.48. The molecule has 3 nitrogen and oxygen atoms in total. The number of nitrogens with zero attached hydrogens (tertiary/aromatic N) is 1. The van der Waals surface area contributed by atoms with E-state index in [1.54, 1.807) is 0 Å². The van der Waals surface area contributed by atoms with E-state index in [1.165, 1.54) is 5.56 Å². The van der Waals surface area contributed by atoms with Crippen molar-refractivity contribution < 1.29 is 4.79 Å². The number of hydrogen-bond donors (Lipinski definition) is 1. The lowest BCUT2D eigenvalue weighted by molar-refractivity contribution is -0.136. The van der Waals surface area contributed by atoms with Gasteiger partial charge in [-0.25, -0.2) is 0 Å². The van der Waals surface area contributed by atoms with Crippen LogP contribution in [0.1, 0.15) is 25.3 Å². The first-order valence-corrected chi connectivity index (χ1v) is 6.84. The van der Waals surface area contributed by atoms with E-state index in [-0.39, 0.29) is 5.92 Å². The Morgan fingerprint density at radius 1 is 1.28 bits per heavy atom. The van der Waals surface area contributed by atoms with Crippen LogP contribution < -0.4 is 5.32 Å². The maximum absolute atomic E-state index is 12.4. The molecule has 0 aliphatic carbocycles. The average Bonchev–Trinajstić information content (AvgIpc) is 2.46. The average molecular weight is 246 g/mol. The van der Waals surface area contributed by atoms with Crippen molar-refractivity contribution in [2.75, 3.05) is 19.6 Å². The van der Waals surface area contributed by atoms with Crippen molar-refractivity contribution in [1.29, 1.82) is 0 Å². The van der Waals surface area contributed by atoms with Crippen molar-refractivity contribution in [1.82, 2.24) is 10.2 Å². The lowest BCUT2D eigenvalue weighted by Crippen LogP contribution is -2.40. The number of hydrogen-bond acceptors (Lipinski definition) is 2. The minimum Gasteiger partial charge on any atom is -0.338 e. The Hall–Kier alpha value is -1.35. The van der Waals surface area contributed by atoms with Crippen molar-refractivity contribution in [3.8, 4) is 0 Å². The van der Waals surface area contributed by atoms with Crippen LogP contribution in [0.5, 0.6) is 0 Å². The summed E-state index contributed by atoms with van der Waals surface area (Å²) in [6.07, 6.45) is 1.95. The van der Waals surface area contributed by atoms with Crippen molar-refractivity contribution in [3.63, 3.8) is 0 Å². The molecular formula is C15H22N2O. The van der Waals surface area contributed by atoms with Crippen molar-refractivity contribution >= 4 is 5.91 Å². The van der Waals surface area contributed by atoms with Gasteiger partial charge in [0.1, 0.15) is 0 Å². The first-order chi connectivity index (χ1) is 8.81. The van der Waals surface area contributed by atoms with Gasteiger partial charge < -0.3 is 10.2 Å². The molecule has 1 heterocycles. The Morgan fingerprint density at radius 2 is 1.94 bits per heavy atom. The standard InChI is InChI=1S/C15H22N2O/c1-2-17(12-13-6-4-3-5-7-13)15(18)14-8-10-16-11-9-14/h3-7,14,16H,2,8-12H2,1H3. The number of amides is 1. The van der Waals surface area contributed by atoms with Crippen LogP contribution in [0.2, 0.25) is 0 Å². The van der Waals surface area contributed by atoms with Gasteiger partial charge in [-0.3, -0.25) is 4.79 Å². The fraction of sp³-hybridized carbons (Fsp3) is 0.533. The summed E-state index contributed by atoms with van der Waals surface area (Å²) in [5.74, 6) is 0.540. The van der Waals surface area contributed by atoms with Crippen molar-refractivity contribution in [3.05, 3.63) is 35.9 Å². The maximum atomic E-state index is 12.4. The quantitative estimate of drug-likeness (QED) is 0.881. The Kier molecular flexibility index (Phi) is 4.76. The van der Waals surface area contributed by atoms with Crippen molar-refractivity contribution in [2.45, 2.75) is 26.3 Å². The zero-order valence-corrected chi connectivity index (χ0v) is 11.1. The molecule has 0 radical (unpaired) electrons. The third kappa shape index (κ3) is 3.33. The maximum Gasteiger partial charge on any atom is 0.226 e. The Balaban J connectivity index is 1.97. The van der Waals surface area contributed by atoms with Crippen LogP contribution in [0.25, 0.3) is 0 Å². The summed E-state index contributed by atoms with van der Waals surface area (Å²) in [5, 5.41) is 3.31. The number of carbonyl (C=O) groups excluding carboxylic acids is 1. The molecule has 1 fully saturated rings. The molecule has 0 spiro atoms. The molecule has 1 saturated heterocycles. The fourth-order valence-corrected chi connectivity index (χ4v) is 2.48. The van der Waals surface area contributed by atoms with Gasteiger partial charge >= 0.3 is 0 Å². The van der Waals surface area contributed by atoms with E-state index in [9.17, 15) is 4.79 Å². The highest BCUT2D eigenvalue weighted by Crippen LogP contribution is 2.16. The highest BCUT2D eigenvalue weighted by atomic mass is 16.2. The summed E-state index contributed by atoms with van der Waals surface area (Å²) >= 11 is 0. The summed E-state index contributed by atoms with van der Waals surface area (Å²) < 4.78 is 0. The van der Waals surface area contributed by atoms with E-state index in [0.717, 1.165) is 39.0 Å². The second-order valence-electron chi connectivity index (χ2n) is 4.86. The van der Waals surface area contributed by atoms with E-state index < -0.39 is 0 Å². The molecule has 1 aliphatic heterocycles. The van der Waals surface area contributed by atoms with Gasteiger partial charge in [0.2, 0.25) is 5.91 Å². The van der Waals surface area contributed by atoms with Gasteiger partial charge in [-0.05, 0) is 38.4 Å². The van der Waals surface area contributed by atoms with Gasteiger partial charge in [-0.2, -0.15) is 0 Å². The molecule has 1 aromatic rings. The summed E-state index contributed by atoms with van der Waals surface area (Å²) in [6.45, 7) is 5.53. The zero-order valence-electron chi connectivity index (χ0n) is 11.1. The van der Waals surface area contributed by atoms with Gasteiger partial charge in [0.05, 0.1) is 0 Å². The predicted molar refractivity (Wildman–Crippen MR) is 73.1 cm³/mol. The third-order valence-electron chi connectivity index (χ3n) is 3.60. The lowest BCUT2D eigenvalue weighted by Gasteiger charge is -2.29. The van der Waals surface area contributed by atoms with Crippen LogP contribution in [-0.4, -0.2) is 30.4 Å². The Bertz CT molecular complexity index is 371. The zero-order chi connectivity index (χ0) is 12.8. The largest absolute Gasteiger partial charge is 0.338 e. The van der Waals surface area contributed by atoms with E-state index in [1.807, 2.05) is 23.1 Å². The molecule has 18 heavy (non-hydrogen) atoms. The SMILES string of the molecule is CCN(Cc1ccccc1)C(=O)C1CCNCC1. The van der Waals surface area contributed by atoms with Crippen LogP contribution >= 0.6 is 0 Å². The molecule has 1 aromatic carbocycles. The van der Waals surface area contributed by atoms with Gasteiger partial charge in [0.15, 0.2) is 0 Å². The molecular weight excluding hydrogens is 224 g/mol. The molecule has 2 rings (SSSR count). The van der Waals surface area contributed by atoms with E-state index in [2.05, 4.69) is 24.4 Å². The second-order valence-corrected chi connectivity index (χ2v) is 4.86. The van der Waals surface area contributed by atoms with Crippen LogP contribution in [0.15, 0.2) is 30.3 Å². The highest BCUT2D eigenvalue weighted by Gasteiger charge is 2.24. The molecule has 0 atom stereocenters. The second kappa shape index (κ2) is 6.55. The van der Waals surface area contributed by atoms with E-state index in [0.29, 0.717) is 5.91 Å². The van der Waals surface area contributed by atoms with Crippen LogP contribution in [0.4, 0.5) is 0 Å². The first kappa shape index (κ1) is 13.1. The number of benzene rings is 1. The van der Waals surface area contributed by atoms with E-state index >= 15 is 0 Å². The summed E-state index contributed by atoms with van der Waals surface area (Å²) in [4.78, 5) is 14.4. The molecule has 0 bridgehead atoms. The molecule has 1 amide bonds. The van der Waals surface area contributed by atoms with Gasteiger partial charge in [-0.1, -0.05) is 30.3 Å². The number of carbonyl (C=O) groups is 1. The number of piperidine rings is 1. The molecule has 0 unspecified atom stereocenters. The molecule has 98 valence electrons. The smallest absolute Gasteiger partial charge is 0.226 e. The Labute approximate surface area is 109 Å². The molecule has 1 N–H and O–H groups in total. The van der Waals surface area contributed by atoms with Crippen LogP contribution in [0, 0.1) is 5.92 Å². The topological polar surface area (TPSA) is 32.3 Å². The summed E-state index contributed by atoms with van der Waals surface area (Å²) in [6, 6.07) is 10.2. The molecule has 0 saturated carbocycles. The van der Waals surface area contributed by atoms with Crippen molar-refractivity contribution in [2.24, 2.45) is 5.92 Å². The van der Waals surface area contributed by atoms with Gasteiger partial charge in [0.25, 0.3) is 0 Å². The normalized spacial score (nSPS) is 16.5. The highest BCUT2D eigenvalue weighted by molar-refractivity contribution is 5.79. The van der Waals surface area contributed by atoms with E-state index in [4.69, 9.17) is 0 Å². The van der Waals surface area contributed by atoms with Gasteiger partial charge in [-0.15, -0.1) is 0 Å². The van der Waals surface area contributed by atoms with Gasteiger partial charge in [0, 0.05) is 19.0 Å². The number of nitrogens with one attached hydrogen (secondary N) is 1. The monoisotopic (exact) mass is 246 g/mol. The number of rotatable bonds is 4. The van der Waals surface area contributed by atoms with Crippen LogP contribution in [0.3, 0.4) is 0 Å². The molecule has 3 heteroatoms. The minimum absolute atomic E-state index is 0.218. The molecule has 0 aromatic heterocycles. The summed E-state index contributed by atoms with van der Waals surface area (Å²) in [5.41, 5.74) is 1.21. The third-order valence-corrected chi connectivity index (χ3v) is 3.60. The Morgan fingerprint density at radius 3 is 2.56 bits per heavy atom. The summed E-state index contributed by atoms with van der Waals surface area (Å²) in [7, 11) is 0.